The minimum absolute atomic E-state index is 0. The van der Waals surface area contributed by atoms with E-state index in [-0.39, 0.29) is 24.1 Å². The fourth-order valence-corrected chi connectivity index (χ4v) is 1.52. The molecule has 1 aromatic carbocycles. The predicted molar refractivity (Wildman–Crippen MR) is 65.7 cm³/mol. The van der Waals surface area contributed by atoms with Gasteiger partial charge in [-0.15, -0.1) is 12.4 Å². The Morgan fingerprint density at radius 3 is 2.20 bits per heavy atom. The Balaban J connectivity index is 0.00000196. The standard InChI is InChI=1S/C12H17NO.ClH/c1-10(14)12(9-13(2)3)11-7-5-4-6-8-11;/h4-8,12H,9H2,1-3H3;1H. The normalized spacial score (nSPS) is 12.0. The van der Waals surface area contributed by atoms with Gasteiger partial charge in [-0.25, -0.2) is 0 Å². The lowest BCUT2D eigenvalue weighted by Crippen LogP contribution is -2.24. The zero-order valence-corrected chi connectivity index (χ0v) is 10.3. The highest BCUT2D eigenvalue weighted by Crippen LogP contribution is 2.16. The Morgan fingerprint density at radius 1 is 1.27 bits per heavy atom. The van der Waals surface area contributed by atoms with Crippen LogP contribution in [0.25, 0.3) is 0 Å². The van der Waals surface area contributed by atoms with Crippen molar-refractivity contribution < 1.29 is 4.79 Å². The molecule has 0 aliphatic rings. The second-order valence-electron chi connectivity index (χ2n) is 3.84. The van der Waals surface area contributed by atoms with Gasteiger partial charge in [-0.2, -0.15) is 0 Å². The molecule has 2 nitrogen and oxygen atoms in total. The van der Waals surface area contributed by atoms with Crippen LogP contribution in [0, 0.1) is 0 Å². The molecule has 0 aliphatic heterocycles. The number of nitrogens with zero attached hydrogens (tertiary/aromatic N) is 1. The van der Waals surface area contributed by atoms with Crippen molar-refractivity contribution in [2.45, 2.75) is 12.8 Å². The first-order chi connectivity index (χ1) is 6.61. The van der Waals surface area contributed by atoms with Crippen molar-refractivity contribution >= 4 is 18.2 Å². The van der Waals surface area contributed by atoms with Crippen LogP contribution < -0.4 is 0 Å². The van der Waals surface area contributed by atoms with Gasteiger partial charge < -0.3 is 4.90 Å². The van der Waals surface area contributed by atoms with Crippen molar-refractivity contribution in [1.82, 2.24) is 4.90 Å². The minimum Gasteiger partial charge on any atom is -0.308 e. The van der Waals surface area contributed by atoms with Gasteiger partial charge in [0, 0.05) is 6.54 Å². The number of rotatable bonds is 4. The summed E-state index contributed by atoms with van der Waals surface area (Å²) in [5, 5.41) is 0. The van der Waals surface area contributed by atoms with Crippen molar-refractivity contribution in [1.29, 1.82) is 0 Å². The van der Waals surface area contributed by atoms with Crippen LogP contribution in [0.3, 0.4) is 0 Å². The van der Waals surface area contributed by atoms with Gasteiger partial charge in [0.15, 0.2) is 0 Å². The van der Waals surface area contributed by atoms with Gasteiger partial charge >= 0.3 is 0 Å². The monoisotopic (exact) mass is 227 g/mol. The average molecular weight is 228 g/mol. The molecule has 0 saturated heterocycles. The number of carbonyl (C=O) groups is 1. The van der Waals surface area contributed by atoms with Crippen LogP contribution in [-0.4, -0.2) is 31.3 Å². The molecule has 0 heterocycles. The summed E-state index contributed by atoms with van der Waals surface area (Å²) in [5.74, 6) is 0.232. The number of likely N-dealkylation sites (N-methyl/N-ethyl adjacent to an activating group) is 1. The fourth-order valence-electron chi connectivity index (χ4n) is 1.52. The van der Waals surface area contributed by atoms with E-state index in [1.807, 2.05) is 49.3 Å². The smallest absolute Gasteiger partial charge is 0.138 e. The van der Waals surface area contributed by atoms with E-state index in [4.69, 9.17) is 0 Å². The molecule has 3 heteroatoms. The number of benzene rings is 1. The average Bonchev–Trinajstić information content (AvgIpc) is 2.15. The molecule has 0 radical (unpaired) electrons. The largest absolute Gasteiger partial charge is 0.308 e. The van der Waals surface area contributed by atoms with Gasteiger partial charge in [0.05, 0.1) is 5.92 Å². The van der Waals surface area contributed by atoms with E-state index >= 15 is 0 Å². The predicted octanol–water partition coefficient (Wildman–Crippen LogP) is 2.34. The Labute approximate surface area is 97.7 Å². The van der Waals surface area contributed by atoms with E-state index in [1.54, 1.807) is 6.92 Å². The Morgan fingerprint density at radius 2 is 1.80 bits per heavy atom. The first-order valence-corrected chi connectivity index (χ1v) is 4.81. The van der Waals surface area contributed by atoms with Crippen molar-refractivity contribution in [3.8, 4) is 0 Å². The molecule has 0 N–H and O–H groups in total. The van der Waals surface area contributed by atoms with Crippen molar-refractivity contribution in [3.05, 3.63) is 35.9 Å². The molecule has 0 aromatic heterocycles. The van der Waals surface area contributed by atoms with Crippen molar-refractivity contribution in [2.24, 2.45) is 0 Å². The summed E-state index contributed by atoms with van der Waals surface area (Å²) in [4.78, 5) is 13.5. The third-order valence-corrected chi connectivity index (χ3v) is 2.24. The zero-order valence-electron chi connectivity index (χ0n) is 9.43. The van der Waals surface area contributed by atoms with Crippen LogP contribution >= 0.6 is 12.4 Å². The molecule has 0 fully saturated rings. The number of hydrogen-bond donors (Lipinski definition) is 0. The SMILES string of the molecule is CC(=O)C(CN(C)C)c1ccccc1.Cl. The molecular weight excluding hydrogens is 210 g/mol. The van der Waals surface area contributed by atoms with Crippen LogP contribution in [0.15, 0.2) is 30.3 Å². The third-order valence-electron chi connectivity index (χ3n) is 2.24. The van der Waals surface area contributed by atoms with Gasteiger partial charge in [0.1, 0.15) is 5.78 Å². The second-order valence-corrected chi connectivity index (χ2v) is 3.84. The van der Waals surface area contributed by atoms with Crippen LogP contribution in [0.4, 0.5) is 0 Å². The molecule has 1 unspecified atom stereocenters. The Bertz CT molecular complexity index is 298. The number of ketones is 1. The first-order valence-electron chi connectivity index (χ1n) is 4.81. The molecule has 1 aromatic rings. The summed E-state index contributed by atoms with van der Waals surface area (Å²) in [7, 11) is 3.97. The maximum atomic E-state index is 11.5. The van der Waals surface area contributed by atoms with Gasteiger partial charge in [-0.1, -0.05) is 30.3 Å². The highest BCUT2D eigenvalue weighted by atomic mass is 35.5. The molecule has 1 rings (SSSR count). The van der Waals surface area contributed by atoms with Gasteiger partial charge in [-0.3, -0.25) is 4.79 Å². The van der Waals surface area contributed by atoms with Crippen LogP contribution in [0.1, 0.15) is 18.4 Å². The van der Waals surface area contributed by atoms with E-state index in [2.05, 4.69) is 0 Å². The minimum atomic E-state index is 0. The van der Waals surface area contributed by atoms with Crippen molar-refractivity contribution in [3.63, 3.8) is 0 Å². The van der Waals surface area contributed by atoms with Crippen LogP contribution in [-0.2, 0) is 4.79 Å². The van der Waals surface area contributed by atoms with E-state index in [1.165, 1.54) is 0 Å². The number of Topliss-reactive ketones (excluding diaryl/α,β-unsaturated/α-hetero) is 1. The molecular formula is C12H18ClNO. The summed E-state index contributed by atoms with van der Waals surface area (Å²) >= 11 is 0. The zero-order chi connectivity index (χ0) is 10.6. The highest BCUT2D eigenvalue weighted by Gasteiger charge is 2.16. The summed E-state index contributed by atoms with van der Waals surface area (Å²) in [6.07, 6.45) is 0. The van der Waals surface area contributed by atoms with Gasteiger partial charge in [0.25, 0.3) is 0 Å². The van der Waals surface area contributed by atoms with E-state index in [9.17, 15) is 4.79 Å². The number of carbonyl (C=O) groups excluding carboxylic acids is 1. The lowest BCUT2D eigenvalue weighted by molar-refractivity contribution is -0.118. The topological polar surface area (TPSA) is 20.3 Å². The summed E-state index contributed by atoms with van der Waals surface area (Å²) in [6, 6.07) is 9.93. The lowest BCUT2D eigenvalue weighted by Gasteiger charge is -2.18. The maximum Gasteiger partial charge on any atom is 0.138 e. The quantitative estimate of drug-likeness (QED) is 0.787. The molecule has 1 atom stereocenters. The number of halogens is 1. The van der Waals surface area contributed by atoms with E-state index < -0.39 is 0 Å². The molecule has 84 valence electrons. The van der Waals surface area contributed by atoms with Gasteiger partial charge in [0.2, 0.25) is 0 Å². The molecule has 0 aliphatic carbocycles. The summed E-state index contributed by atoms with van der Waals surface area (Å²) in [5.41, 5.74) is 1.11. The van der Waals surface area contributed by atoms with Gasteiger partial charge in [-0.05, 0) is 26.6 Å². The molecule has 0 saturated carbocycles. The summed E-state index contributed by atoms with van der Waals surface area (Å²) < 4.78 is 0. The van der Waals surface area contributed by atoms with Crippen LogP contribution in [0.2, 0.25) is 0 Å². The first kappa shape index (κ1) is 14.1. The Kier molecular flexibility index (Phi) is 6.21. The lowest BCUT2D eigenvalue weighted by atomic mass is 9.95. The molecule has 0 bridgehead atoms. The molecule has 0 amide bonds. The van der Waals surface area contributed by atoms with E-state index in [0.29, 0.717) is 0 Å². The molecule has 15 heavy (non-hydrogen) atoms. The van der Waals surface area contributed by atoms with E-state index in [0.717, 1.165) is 12.1 Å². The third kappa shape index (κ3) is 4.45. The Hall–Kier alpha value is -0.860. The maximum absolute atomic E-state index is 11.5. The number of hydrogen-bond acceptors (Lipinski definition) is 2. The highest BCUT2D eigenvalue weighted by molar-refractivity contribution is 5.85. The second kappa shape index (κ2) is 6.59. The van der Waals surface area contributed by atoms with Crippen LogP contribution in [0.5, 0.6) is 0 Å². The molecule has 0 spiro atoms. The van der Waals surface area contributed by atoms with Crippen molar-refractivity contribution in [2.75, 3.05) is 20.6 Å². The fraction of sp³-hybridized carbons (Fsp3) is 0.417. The summed E-state index contributed by atoms with van der Waals surface area (Å²) in [6.45, 7) is 2.43.